The van der Waals surface area contributed by atoms with Crippen LogP contribution in [0.3, 0.4) is 0 Å². The Balaban J connectivity index is 1.92. The molecule has 0 spiro atoms. The first-order valence-electron chi connectivity index (χ1n) is 7.22. The van der Waals surface area contributed by atoms with Crippen molar-refractivity contribution in [3.05, 3.63) is 81.4 Å². The zero-order valence-corrected chi connectivity index (χ0v) is 14.1. The summed E-state index contributed by atoms with van der Waals surface area (Å²) in [7, 11) is 0. The van der Waals surface area contributed by atoms with E-state index in [4.69, 9.17) is 23.2 Å². The minimum absolute atomic E-state index is 0.0950. The fourth-order valence-electron chi connectivity index (χ4n) is 2.04. The lowest BCUT2D eigenvalue weighted by molar-refractivity contribution is -0.117. The molecule has 2 aromatic rings. The van der Waals surface area contributed by atoms with Crippen LogP contribution in [0, 0.1) is 11.6 Å². The quantitative estimate of drug-likeness (QED) is 0.582. The van der Waals surface area contributed by atoms with E-state index in [9.17, 15) is 13.6 Å². The summed E-state index contributed by atoms with van der Waals surface area (Å²) in [6.07, 6.45) is 6.31. The predicted molar refractivity (Wildman–Crippen MR) is 95.1 cm³/mol. The standard InChI is InChI=1S/C19H14Cl2F2O/c20-16-9-3-11-18(22)14(16)7-1-5-13(24)6-2-8-15-17(21)10-4-12-19(15)23/h1-4,7-12H,5-6H2. The van der Waals surface area contributed by atoms with E-state index < -0.39 is 11.6 Å². The van der Waals surface area contributed by atoms with E-state index in [0.717, 1.165) is 0 Å². The average molecular weight is 367 g/mol. The van der Waals surface area contributed by atoms with E-state index in [2.05, 4.69) is 0 Å². The Morgan fingerprint density at radius 2 is 1.25 bits per heavy atom. The second kappa shape index (κ2) is 8.76. The van der Waals surface area contributed by atoms with Crippen molar-refractivity contribution in [2.24, 2.45) is 0 Å². The van der Waals surface area contributed by atoms with Crippen molar-refractivity contribution in [2.75, 3.05) is 0 Å². The van der Waals surface area contributed by atoms with Gasteiger partial charge in [-0.3, -0.25) is 4.79 Å². The molecule has 0 aliphatic carbocycles. The molecule has 0 radical (unpaired) electrons. The summed E-state index contributed by atoms with van der Waals surface area (Å²) < 4.78 is 27.1. The predicted octanol–water partition coefficient (Wildman–Crippen LogP) is 6.35. The van der Waals surface area contributed by atoms with Crippen LogP contribution in [0.15, 0.2) is 48.6 Å². The third kappa shape index (κ3) is 5.02. The van der Waals surface area contributed by atoms with Crippen molar-refractivity contribution >= 4 is 41.1 Å². The van der Waals surface area contributed by atoms with Gasteiger partial charge in [0.05, 0.1) is 10.0 Å². The fraction of sp³-hybridized carbons (Fsp3) is 0.105. The molecule has 0 aliphatic rings. The molecule has 2 rings (SSSR count). The molecule has 0 unspecified atom stereocenters. The van der Waals surface area contributed by atoms with E-state index >= 15 is 0 Å². The maximum atomic E-state index is 13.6. The number of hydrogen-bond donors (Lipinski definition) is 0. The lowest BCUT2D eigenvalue weighted by atomic mass is 10.1. The Kier molecular flexibility index (Phi) is 6.71. The Morgan fingerprint density at radius 1 is 0.833 bits per heavy atom. The Labute approximate surface area is 149 Å². The highest BCUT2D eigenvalue weighted by atomic mass is 35.5. The summed E-state index contributed by atoms with van der Waals surface area (Å²) in [6.45, 7) is 0. The van der Waals surface area contributed by atoms with Crippen molar-refractivity contribution in [1.29, 1.82) is 0 Å². The Morgan fingerprint density at radius 3 is 1.62 bits per heavy atom. The summed E-state index contributed by atoms with van der Waals surface area (Å²) in [4.78, 5) is 11.8. The number of Topliss-reactive ketones (excluding diaryl/α,β-unsaturated/α-hetero) is 1. The van der Waals surface area contributed by atoms with E-state index in [0.29, 0.717) is 0 Å². The Hall–Kier alpha value is -1.97. The number of carbonyl (C=O) groups is 1. The molecular weight excluding hydrogens is 353 g/mol. The summed E-state index contributed by atoms with van der Waals surface area (Å²) in [5.41, 5.74) is 0.501. The maximum absolute atomic E-state index is 13.6. The summed E-state index contributed by atoms with van der Waals surface area (Å²) in [6, 6.07) is 8.78. The minimum Gasteiger partial charge on any atom is -0.299 e. The lowest BCUT2D eigenvalue weighted by Crippen LogP contribution is -1.93. The monoisotopic (exact) mass is 366 g/mol. The zero-order chi connectivity index (χ0) is 17.5. The van der Waals surface area contributed by atoms with Crippen LogP contribution in [-0.4, -0.2) is 5.78 Å². The van der Waals surface area contributed by atoms with Gasteiger partial charge in [0.25, 0.3) is 0 Å². The van der Waals surface area contributed by atoms with Gasteiger partial charge >= 0.3 is 0 Å². The van der Waals surface area contributed by atoms with Crippen LogP contribution in [0.5, 0.6) is 0 Å². The van der Waals surface area contributed by atoms with Crippen LogP contribution in [0.2, 0.25) is 10.0 Å². The third-order valence-corrected chi connectivity index (χ3v) is 3.92. The number of ketones is 1. The smallest absolute Gasteiger partial charge is 0.140 e. The largest absolute Gasteiger partial charge is 0.299 e. The van der Waals surface area contributed by atoms with Gasteiger partial charge in [-0.2, -0.15) is 0 Å². The van der Waals surface area contributed by atoms with Gasteiger partial charge in [0.1, 0.15) is 17.4 Å². The molecule has 5 heteroatoms. The van der Waals surface area contributed by atoms with Crippen LogP contribution in [0.4, 0.5) is 8.78 Å². The molecule has 1 nitrogen and oxygen atoms in total. The number of rotatable bonds is 6. The second-order valence-electron chi connectivity index (χ2n) is 5.02. The number of allylic oxidation sites excluding steroid dienone is 2. The molecule has 0 aromatic heterocycles. The first-order chi connectivity index (χ1) is 11.5. The molecular formula is C19H14Cl2F2O. The first-order valence-corrected chi connectivity index (χ1v) is 7.97. The van der Waals surface area contributed by atoms with Crippen molar-refractivity contribution < 1.29 is 13.6 Å². The van der Waals surface area contributed by atoms with Crippen LogP contribution < -0.4 is 0 Å². The van der Waals surface area contributed by atoms with Gasteiger partial charge in [0.15, 0.2) is 0 Å². The second-order valence-corrected chi connectivity index (χ2v) is 5.84. The van der Waals surface area contributed by atoms with Crippen LogP contribution in [0.25, 0.3) is 12.2 Å². The Bertz CT molecular complexity index is 692. The number of halogens is 4. The van der Waals surface area contributed by atoms with Crippen LogP contribution in [-0.2, 0) is 4.79 Å². The van der Waals surface area contributed by atoms with Gasteiger partial charge < -0.3 is 0 Å². The van der Waals surface area contributed by atoms with Gasteiger partial charge in [0.2, 0.25) is 0 Å². The van der Waals surface area contributed by atoms with Gasteiger partial charge in [-0.25, -0.2) is 8.78 Å². The topological polar surface area (TPSA) is 17.1 Å². The fourth-order valence-corrected chi connectivity index (χ4v) is 2.49. The highest BCUT2D eigenvalue weighted by Gasteiger charge is 2.04. The molecule has 0 bridgehead atoms. The molecule has 0 N–H and O–H groups in total. The zero-order valence-electron chi connectivity index (χ0n) is 12.6. The summed E-state index contributed by atoms with van der Waals surface area (Å²) in [5.74, 6) is -0.983. The normalized spacial score (nSPS) is 11.5. The maximum Gasteiger partial charge on any atom is 0.140 e. The van der Waals surface area contributed by atoms with Crippen molar-refractivity contribution in [2.45, 2.75) is 12.8 Å². The molecule has 124 valence electrons. The molecule has 0 amide bonds. The van der Waals surface area contributed by atoms with Crippen molar-refractivity contribution in [3.63, 3.8) is 0 Å². The molecule has 0 saturated carbocycles. The lowest BCUT2D eigenvalue weighted by Gasteiger charge is -2.00. The van der Waals surface area contributed by atoms with Gasteiger partial charge in [-0.1, -0.05) is 59.6 Å². The van der Waals surface area contributed by atoms with Crippen LogP contribution >= 0.6 is 23.2 Å². The van der Waals surface area contributed by atoms with Crippen LogP contribution in [0.1, 0.15) is 24.0 Å². The molecule has 0 fully saturated rings. The number of hydrogen-bond acceptors (Lipinski definition) is 1. The van der Waals surface area contributed by atoms with E-state index in [1.165, 1.54) is 36.4 Å². The van der Waals surface area contributed by atoms with Crippen molar-refractivity contribution in [3.8, 4) is 0 Å². The van der Waals surface area contributed by atoms with Crippen molar-refractivity contribution in [1.82, 2.24) is 0 Å². The molecule has 0 aliphatic heterocycles. The van der Waals surface area contributed by atoms with E-state index in [-0.39, 0.29) is 39.8 Å². The molecule has 0 heterocycles. The number of carbonyl (C=O) groups excluding carboxylic acids is 1. The third-order valence-electron chi connectivity index (χ3n) is 3.26. The van der Waals surface area contributed by atoms with Gasteiger partial charge in [0, 0.05) is 24.0 Å². The number of benzene rings is 2. The summed E-state index contributed by atoms with van der Waals surface area (Å²) >= 11 is 11.8. The molecule has 0 saturated heterocycles. The molecule has 2 aromatic carbocycles. The summed E-state index contributed by atoms with van der Waals surface area (Å²) in [5, 5.41) is 0.570. The minimum atomic E-state index is -0.444. The highest BCUT2D eigenvalue weighted by Crippen LogP contribution is 2.21. The molecule has 24 heavy (non-hydrogen) atoms. The van der Waals surface area contributed by atoms with Gasteiger partial charge in [-0.15, -0.1) is 0 Å². The molecule has 0 atom stereocenters. The average Bonchev–Trinajstić information content (AvgIpc) is 2.53. The van der Waals surface area contributed by atoms with E-state index in [1.54, 1.807) is 24.3 Å². The van der Waals surface area contributed by atoms with E-state index in [1.807, 2.05) is 0 Å². The van der Waals surface area contributed by atoms with Gasteiger partial charge in [-0.05, 0) is 24.3 Å². The SMILES string of the molecule is O=C(CC=Cc1c(F)cccc1Cl)CC=Cc1c(F)cccc1Cl. The highest BCUT2D eigenvalue weighted by molar-refractivity contribution is 6.32. The first kappa shape index (κ1) is 18.4.